The molecule has 0 amide bonds. The van der Waals surface area contributed by atoms with E-state index in [-0.39, 0.29) is 5.04 Å². The fourth-order valence-electron chi connectivity index (χ4n) is 2.59. The summed E-state index contributed by atoms with van der Waals surface area (Å²) in [6, 6.07) is 2.62. The van der Waals surface area contributed by atoms with E-state index >= 15 is 0 Å². The van der Waals surface area contributed by atoms with Gasteiger partial charge in [0.15, 0.2) is 8.32 Å². The minimum absolute atomic E-state index is 0.275. The van der Waals surface area contributed by atoms with Crippen molar-refractivity contribution in [3.63, 3.8) is 0 Å². The van der Waals surface area contributed by atoms with E-state index in [1.165, 1.54) is 16.1 Å². The van der Waals surface area contributed by atoms with E-state index in [4.69, 9.17) is 4.43 Å². The largest absolute Gasteiger partial charge is 0.417 e. The van der Waals surface area contributed by atoms with E-state index in [1.807, 2.05) is 23.9 Å². The first-order valence-corrected chi connectivity index (χ1v) is 11.3. The molecule has 2 aromatic heterocycles. The van der Waals surface area contributed by atoms with E-state index in [0.29, 0.717) is 6.04 Å². The first-order valence-electron chi connectivity index (χ1n) is 7.55. The van der Waals surface area contributed by atoms with Crippen molar-refractivity contribution in [3.05, 3.63) is 28.8 Å². The summed E-state index contributed by atoms with van der Waals surface area (Å²) in [6.45, 7) is 12.3. The van der Waals surface area contributed by atoms with Gasteiger partial charge in [0, 0.05) is 17.0 Å². The zero-order chi connectivity index (χ0) is 15.3. The van der Waals surface area contributed by atoms with Crippen molar-refractivity contribution < 1.29 is 4.43 Å². The predicted octanol–water partition coefficient (Wildman–Crippen LogP) is 4.93. The Bertz CT molecular complexity index is 598. The Labute approximate surface area is 132 Å². The maximum Gasteiger partial charge on any atom is 0.191 e. The third-order valence-corrected chi connectivity index (χ3v) is 10.5. The number of fused-ring (bicyclic) bond motifs is 3. The van der Waals surface area contributed by atoms with Crippen LogP contribution in [0.15, 0.2) is 24.0 Å². The summed E-state index contributed by atoms with van der Waals surface area (Å²) < 4.78 is 8.65. The van der Waals surface area contributed by atoms with Crippen molar-refractivity contribution in [2.45, 2.75) is 51.4 Å². The highest BCUT2D eigenvalue weighted by Gasteiger charge is 2.37. The van der Waals surface area contributed by atoms with E-state index in [9.17, 15) is 0 Å². The van der Waals surface area contributed by atoms with Gasteiger partial charge in [0.25, 0.3) is 0 Å². The molecule has 21 heavy (non-hydrogen) atoms. The molecule has 1 atom stereocenters. The topological polar surface area (TPSA) is 27.1 Å². The van der Waals surface area contributed by atoms with Crippen molar-refractivity contribution in [1.29, 1.82) is 0 Å². The fourth-order valence-corrected chi connectivity index (χ4v) is 4.69. The van der Waals surface area contributed by atoms with Gasteiger partial charge in [-0.05, 0) is 36.0 Å². The van der Waals surface area contributed by atoms with Gasteiger partial charge in [-0.25, -0.2) is 4.98 Å². The average Bonchev–Trinajstić information content (AvgIpc) is 3.03. The molecular formula is C16H24N2OSSi. The average molecular weight is 321 g/mol. The smallest absolute Gasteiger partial charge is 0.191 e. The van der Waals surface area contributed by atoms with Gasteiger partial charge in [-0.15, -0.1) is 11.3 Å². The van der Waals surface area contributed by atoms with Crippen LogP contribution in [0.2, 0.25) is 18.1 Å². The molecule has 1 unspecified atom stereocenters. The molecule has 0 saturated carbocycles. The highest BCUT2D eigenvalue weighted by Crippen LogP contribution is 2.44. The summed E-state index contributed by atoms with van der Waals surface area (Å²) in [4.78, 5) is 5.77. The summed E-state index contributed by atoms with van der Waals surface area (Å²) in [5, 5.41) is 2.46. The molecule has 114 valence electrons. The van der Waals surface area contributed by atoms with Crippen LogP contribution in [0.1, 0.15) is 38.1 Å². The molecule has 3 heterocycles. The molecule has 1 aliphatic heterocycles. The van der Waals surface area contributed by atoms with E-state index in [2.05, 4.69) is 54.9 Å². The number of hydrogen-bond acceptors (Lipinski definition) is 3. The van der Waals surface area contributed by atoms with Crippen molar-refractivity contribution in [2.24, 2.45) is 0 Å². The molecule has 5 heteroatoms. The van der Waals surface area contributed by atoms with Crippen LogP contribution in [-0.4, -0.2) is 24.5 Å². The maximum atomic E-state index is 6.35. The molecule has 0 radical (unpaired) electrons. The van der Waals surface area contributed by atoms with Gasteiger partial charge in [-0.1, -0.05) is 20.8 Å². The molecule has 1 aliphatic rings. The van der Waals surface area contributed by atoms with Crippen molar-refractivity contribution in [1.82, 2.24) is 9.55 Å². The standard InChI is InChI=1S/C16H24N2OSSi/c1-16(2,3)21(4,5)19-8-6-13-15-12(7-9-20-15)14-10-17-11-18(13)14/h7,9-11,13H,6,8H2,1-5H3. The van der Waals surface area contributed by atoms with Crippen LogP contribution < -0.4 is 0 Å². The number of aromatic nitrogens is 2. The van der Waals surface area contributed by atoms with Crippen LogP contribution in [0.5, 0.6) is 0 Å². The molecule has 0 aromatic carbocycles. The highest BCUT2D eigenvalue weighted by atomic mass is 32.1. The Balaban J connectivity index is 1.71. The lowest BCUT2D eigenvalue weighted by Crippen LogP contribution is -2.41. The van der Waals surface area contributed by atoms with Crippen LogP contribution in [0.25, 0.3) is 11.3 Å². The quantitative estimate of drug-likeness (QED) is 0.747. The SMILES string of the molecule is CC(C)(C)[Si](C)(C)OCCC1c2sccc2-c2cncn21. The summed E-state index contributed by atoms with van der Waals surface area (Å²) in [6.07, 6.45) is 4.96. The number of hydrogen-bond donors (Lipinski definition) is 0. The third kappa shape index (κ3) is 2.51. The van der Waals surface area contributed by atoms with Crippen LogP contribution in [-0.2, 0) is 4.43 Å². The Morgan fingerprint density at radius 1 is 1.38 bits per heavy atom. The number of rotatable bonds is 4. The van der Waals surface area contributed by atoms with Crippen LogP contribution in [0, 0.1) is 0 Å². The lowest BCUT2D eigenvalue weighted by atomic mass is 10.1. The third-order valence-electron chi connectivity index (χ3n) is 4.94. The molecule has 0 aliphatic carbocycles. The molecule has 0 spiro atoms. The number of nitrogens with zero attached hydrogens (tertiary/aromatic N) is 2. The van der Waals surface area contributed by atoms with Gasteiger partial charge in [0.1, 0.15) is 0 Å². The van der Waals surface area contributed by atoms with Crippen LogP contribution in [0.3, 0.4) is 0 Å². The Morgan fingerprint density at radius 2 is 2.14 bits per heavy atom. The molecule has 0 fully saturated rings. The Kier molecular flexibility index (Phi) is 3.62. The maximum absolute atomic E-state index is 6.35. The predicted molar refractivity (Wildman–Crippen MR) is 91.4 cm³/mol. The first kappa shape index (κ1) is 15.0. The van der Waals surface area contributed by atoms with Gasteiger partial charge >= 0.3 is 0 Å². The monoisotopic (exact) mass is 320 g/mol. The van der Waals surface area contributed by atoms with Crippen molar-refractivity contribution in [3.8, 4) is 11.3 Å². The lowest BCUT2D eigenvalue weighted by Gasteiger charge is -2.36. The second-order valence-corrected chi connectivity index (χ2v) is 13.1. The van der Waals surface area contributed by atoms with Crippen molar-refractivity contribution in [2.75, 3.05) is 6.61 Å². The molecule has 0 N–H and O–H groups in total. The number of thiophene rings is 1. The minimum Gasteiger partial charge on any atom is -0.417 e. The van der Waals surface area contributed by atoms with Gasteiger partial charge < -0.3 is 8.99 Å². The normalized spacial score (nSPS) is 17.9. The second-order valence-electron chi connectivity index (χ2n) is 7.30. The van der Waals surface area contributed by atoms with E-state index < -0.39 is 8.32 Å². The molecule has 0 saturated heterocycles. The van der Waals surface area contributed by atoms with Gasteiger partial charge in [-0.2, -0.15) is 0 Å². The van der Waals surface area contributed by atoms with Gasteiger partial charge in [0.2, 0.25) is 0 Å². The Hall–Kier alpha value is -0.913. The fraction of sp³-hybridized carbons (Fsp3) is 0.562. The zero-order valence-corrected chi connectivity index (χ0v) is 15.3. The number of imidazole rings is 1. The minimum atomic E-state index is -1.65. The summed E-state index contributed by atoms with van der Waals surface area (Å²) in [7, 11) is -1.65. The highest BCUT2D eigenvalue weighted by molar-refractivity contribution is 7.10. The molecular weight excluding hydrogens is 296 g/mol. The summed E-state index contributed by atoms with van der Waals surface area (Å²) >= 11 is 1.85. The van der Waals surface area contributed by atoms with Crippen LogP contribution >= 0.6 is 11.3 Å². The molecule has 3 rings (SSSR count). The summed E-state index contributed by atoms with van der Waals surface area (Å²) in [5.41, 5.74) is 2.61. The lowest BCUT2D eigenvalue weighted by molar-refractivity contribution is 0.267. The van der Waals surface area contributed by atoms with E-state index in [1.54, 1.807) is 0 Å². The van der Waals surface area contributed by atoms with Gasteiger partial charge in [0.05, 0.1) is 24.3 Å². The molecule has 2 aromatic rings. The van der Waals surface area contributed by atoms with Gasteiger partial charge in [-0.3, -0.25) is 0 Å². The van der Waals surface area contributed by atoms with Crippen LogP contribution in [0.4, 0.5) is 0 Å². The Morgan fingerprint density at radius 3 is 2.86 bits per heavy atom. The second kappa shape index (κ2) is 5.07. The molecule has 0 bridgehead atoms. The summed E-state index contributed by atoms with van der Waals surface area (Å²) in [5.74, 6) is 0. The van der Waals surface area contributed by atoms with Crippen molar-refractivity contribution >= 4 is 19.7 Å². The zero-order valence-electron chi connectivity index (χ0n) is 13.5. The first-order chi connectivity index (χ1) is 9.81. The molecule has 3 nitrogen and oxygen atoms in total. The van der Waals surface area contributed by atoms with E-state index in [0.717, 1.165) is 13.0 Å².